The lowest BCUT2D eigenvalue weighted by atomic mass is 10.2. The number of nitrogens with zero attached hydrogens (tertiary/aromatic N) is 3. The van der Waals surface area contributed by atoms with Crippen LogP contribution in [0.3, 0.4) is 0 Å². The van der Waals surface area contributed by atoms with Crippen LogP contribution < -0.4 is 27.2 Å². The minimum absolute atomic E-state index is 0.0195. The zero-order chi connectivity index (χ0) is 22.4. The van der Waals surface area contributed by atoms with Gasteiger partial charge in [0.2, 0.25) is 5.91 Å². The maximum atomic E-state index is 12.5. The number of aromatic nitrogens is 2. The van der Waals surface area contributed by atoms with Crippen molar-refractivity contribution in [2.75, 3.05) is 43.6 Å². The molecule has 1 heterocycles. The Bertz CT molecular complexity index is 1040. The van der Waals surface area contributed by atoms with Gasteiger partial charge in [-0.25, -0.2) is 4.79 Å². The van der Waals surface area contributed by atoms with E-state index in [9.17, 15) is 19.2 Å². The molecule has 0 aliphatic rings. The molecule has 0 radical (unpaired) electrons. The molecular formula is C20H28N6O4. The Kier molecular flexibility index (Phi) is 7.40. The van der Waals surface area contributed by atoms with E-state index in [0.29, 0.717) is 17.8 Å². The topological polar surface area (TPSA) is 134 Å². The molecule has 0 fully saturated rings. The minimum atomic E-state index is -0.654. The van der Waals surface area contributed by atoms with Crippen molar-refractivity contribution < 1.29 is 9.59 Å². The molecule has 0 bridgehead atoms. The van der Waals surface area contributed by atoms with Gasteiger partial charge in [0.25, 0.3) is 11.5 Å². The van der Waals surface area contributed by atoms with E-state index in [1.54, 1.807) is 45.4 Å². The number of carbonyl (C=O) groups excluding carboxylic acids is 2. The van der Waals surface area contributed by atoms with Crippen LogP contribution in [0.2, 0.25) is 0 Å². The van der Waals surface area contributed by atoms with Crippen molar-refractivity contribution in [1.29, 1.82) is 0 Å². The molecular weight excluding hydrogens is 388 g/mol. The number of hydrogen-bond donors (Lipinski definition) is 3. The third kappa shape index (κ3) is 5.28. The number of hydrogen-bond acceptors (Lipinski definition) is 6. The Balaban J connectivity index is 2.19. The van der Waals surface area contributed by atoms with E-state index in [-0.39, 0.29) is 24.0 Å². The molecule has 1 aromatic heterocycles. The highest BCUT2D eigenvalue weighted by molar-refractivity contribution is 5.98. The van der Waals surface area contributed by atoms with Crippen LogP contribution in [0.25, 0.3) is 0 Å². The molecule has 0 saturated heterocycles. The standard InChI is InChI=1S/C20H28N6O4/c1-5-6-10-26-17(21)16(18(28)23-20(26)30)25(4)12-15(27)22-14-9-7-8-13(11-14)19(29)24(2)3/h7-9,11H,5-6,10,12,21H2,1-4H3,(H,22,27)(H,23,28,30). The number of likely N-dealkylation sites (N-methyl/N-ethyl adjacent to an activating group) is 1. The number of carbonyl (C=O) groups is 2. The van der Waals surface area contributed by atoms with E-state index in [1.807, 2.05) is 6.92 Å². The van der Waals surface area contributed by atoms with Crippen LogP contribution >= 0.6 is 0 Å². The first-order chi connectivity index (χ1) is 14.1. The van der Waals surface area contributed by atoms with E-state index in [4.69, 9.17) is 5.73 Å². The number of benzene rings is 1. The molecule has 1 aromatic carbocycles. The summed E-state index contributed by atoms with van der Waals surface area (Å²) < 4.78 is 1.30. The average Bonchev–Trinajstić information content (AvgIpc) is 2.66. The second-order valence-corrected chi connectivity index (χ2v) is 7.18. The van der Waals surface area contributed by atoms with Crippen LogP contribution in [0.1, 0.15) is 30.1 Å². The molecule has 0 spiro atoms. The van der Waals surface area contributed by atoms with Gasteiger partial charge in [0.05, 0.1) is 6.54 Å². The van der Waals surface area contributed by atoms with Gasteiger partial charge in [-0.15, -0.1) is 0 Å². The number of nitrogens with one attached hydrogen (secondary N) is 2. The molecule has 2 rings (SSSR count). The average molecular weight is 416 g/mol. The largest absolute Gasteiger partial charge is 0.383 e. The number of anilines is 3. The fourth-order valence-electron chi connectivity index (χ4n) is 2.97. The summed E-state index contributed by atoms with van der Waals surface area (Å²) in [5.74, 6) is -0.569. The van der Waals surface area contributed by atoms with Gasteiger partial charge in [-0.3, -0.25) is 23.9 Å². The minimum Gasteiger partial charge on any atom is -0.383 e. The lowest BCUT2D eigenvalue weighted by Crippen LogP contribution is -2.39. The Morgan fingerprint density at radius 1 is 1.20 bits per heavy atom. The van der Waals surface area contributed by atoms with Crippen molar-refractivity contribution in [3.05, 3.63) is 50.7 Å². The lowest BCUT2D eigenvalue weighted by molar-refractivity contribution is -0.114. The Labute approximate surface area is 174 Å². The zero-order valence-corrected chi connectivity index (χ0v) is 17.7. The monoisotopic (exact) mass is 416 g/mol. The number of nitrogen functional groups attached to an aromatic ring is 1. The van der Waals surface area contributed by atoms with Crippen LogP contribution in [0.5, 0.6) is 0 Å². The second-order valence-electron chi connectivity index (χ2n) is 7.18. The quantitative estimate of drug-likeness (QED) is 0.580. The highest BCUT2D eigenvalue weighted by Crippen LogP contribution is 2.16. The van der Waals surface area contributed by atoms with Crippen molar-refractivity contribution in [3.63, 3.8) is 0 Å². The number of aromatic amines is 1. The maximum absolute atomic E-state index is 12.5. The van der Waals surface area contributed by atoms with Crippen molar-refractivity contribution in [1.82, 2.24) is 14.5 Å². The van der Waals surface area contributed by atoms with E-state index in [1.165, 1.54) is 14.4 Å². The molecule has 4 N–H and O–H groups in total. The van der Waals surface area contributed by atoms with Crippen LogP contribution in [0, 0.1) is 0 Å². The van der Waals surface area contributed by atoms with Crippen molar-refractivity contribution in [3.8, 4) is 0 Å². The third-order valence-electron chi connectivity index (χ3n) is 4.51. The van der Waals surface area contributed by atoms with Crippen LogP contribution in [0.4, 0.5) is 17.2 Å². The van der Waals surface area contributed by atoms with Crippen molar-refractivity contribution in [2.24, 2.45) is 0 Å². The smallest absolute Gasteiger partial charge is 0.330 e. The summed E-state index contributed by atoms with van der Waals surface area (Å²) in [5, 5.41) is 2.70. The number of rotatable bonds is 8. The van der Waals surface area contributed by atoms with Gasteiger partial charge in [0.1, 0.15) is 11.5 Å². The first-order valence-corrected chi connectivity index (χ1v) is 9.61. The third-order valence-corrected chi connectivity index (χ3v) is 4.51. The van der Waals surface area contributed by atoms with Crippen molar-refractivity contribution >= 4 is 29.0 Å². The summed E-state index contributed by atoms with van der Waals surface area (Å²) in [5.41, 5.74) is 5.78. The fraction of sp³-hybridized carbons (Fsp3) is 0.400. The molecule has 10 nitrogen and oxygen atoms in total. The molecule has 0 unspecified atom stereocenters. The second kappa shape index (κ2) is 9.77. The summed E-state index contributed by atoms with van der Waals surface area (Å²) in [6.07, 6.45) is 1.58. The van der Waals surface area contributed by atoms with Gasteiger partial charge in [0.15, 0.2) is 0 Å². The van der Waals surface area contributed by atoms with Gasteiger partial charge in [-0.05, 0) is 24.6 Å². The van der Waals surface area contributed by atoms with E-state index in [0.717, 1.165) is 12.8 Å². The van der Waals surface area contributed by atoms with Crippen LogP contribution in [-0.2, 0) is 11.3 Å². The van der Waals surface area contributed by atoms with Gasteiger partial charge < -0.3 is 20.9 Å². The molecule has 2 aromatic rings. The molecule has 162 valence electrons. The SMILES string of the molecule is CCCCn1c(N)c(N(C)CC(=O)Nc2cccc(C(=O)N(C)C)c2)c(=O)[nH]c1=O. The van der Waals surface area contributed by atoms with Crippen LogP contribution in [-0.4, -0.2) is 54.0 Å². The Morgan fingerprint density at radius 3 is 2.53 bits per heavy atom. The predicted octanol–water partition coefficient (Wildman–Crippen LogP) is 0.696. The molecule has 10 heteroatoms. The molecule has 30 heavy (non-hydrogen) atoms. The Hall–Kier alpha value is -3.56. The predicted molar refractivity (Wildman–Crippen MR) is 117 cm³/mol. The zero-order valence-electron chi connectivity index (χ0n) is 17.7. The van der Waals surface area contributed by atoms with Gasteiger partial charge in [-0.1, -0.05) is 19.4 Å². The summed E-state index contributed by atoms with van der Waals surface area (Å²) in [4.78, 5) is 54.0. The summed E-state index contributed by atoms with van der Waals surface area (Å²) >= 11 is 0. The fourth-order valence-corrected chi connectivity index (χ4v) is 2.97. The first-order valence-electron chi connectivity index (χ1n) is 9.61. The van der Waals surface area contributed by atoms with E-state index >= 15 is 0 Å². The van der Waals surface area contributed by atoms with E-state index in [2.05, 4.69) is 10.3 Å². The molecule has 0 aliphatic carbocycles. The summed E-state index contributed by atoms with van der Waals surface area (Å²) in [6, 6.07) is 6.56. The first kappa shape index (κ1) is 22.7. The van der Waals surface area contributed by atoms with Crippen molar-refractivity contribution in [2.45, 2.75) is 26.3 Å². The molecule has 0 aliphatic heterocycles. The summed E-state index contributed by atoms with van der Waals surface area (Å²) in [7, 11) is 4.83. The molecule has 0 atom stereocenters. The number of unbranched alkanes of at least 4 members (excludes halogenated alkanes) is 1. The van der Waals surface area contributed by atoms with Gasteiger partial charge in [-0.2, -0.15) is 0 Å². The maximum Gasteiger partial charge on any atom is 0.330 e. The number of H-pyrrole nitrogens is 1. The normalized spacial score (nSPS) is 10.5. The Morgan fingerprint density at radius 2 is 1.90 bits per heavy atom. The molecule has 0 saturated carbocycles. The van der Waals surface area contributed by atoms with Gasteiger partial charge >= 0.3 is 5.69 Å². The van der Waals surface area contributed by atoms with Gasteiger partial charge in [0, 0.05) is 38.9 Å². The lowest BCUT2D eigenvalue weighted by Gasteiger charge is -2.21. The molecule has 2 amide bonds. The number of nitrogens with two attached hydrogens (primary N) is 1. The van der Waals surface area contributed by atoms with Crippen LogP contribution in [0.15, 0.2) is 33.9 Å². The highest BCUT2D eigenvalue weighted by atomic mass is 16.2. The van der Waals surface area contributed by atoms with E-state index < -0.39 is 17.2 Å². The number of amides is 2. The summed E-state index contributed by atoms with van der Waals surface area (Å²) in [6.45, 7) is 2.17. The highest BCUT2D eigenvalue weighted by Gasteiger charge is 2.18.